The van der Waals surface area contributed by atoms with Gasteiger partial charge in [0.15, 0.2) is 0 Å². The molecule has 2 heterocycles. The van der Waals surface area contributed by atoms with Crippen LogP contribution in [0.2, 0.25) is 0 Å². The standard InChI is InChI=1S/C19H21FN4O3/c1-13-2-5-18(27-13)17(24-6-8-26-9-7-24)12-22-19(25)23-16-4-3-15(20)10-14(16)11-21/h2-5,10,17H,6-9,12H2,1H3,(H2,22,23,25). The zero-order chi connectivity index (χ0) is 19.2. The molecule has 0 spiro atoms. The zero-order valence-corrected chi connectivity index (χ0v) is 15.0. The fraction of sp³-hybridized carbons (Fsp3) is 0.368. The molecular formula is C19H21FN4O3. The molecule has 2 amide bonds. The molecule has 1 atom stereocenters. The van der Waals surface area contributed by atoms with Gasteiger partial charge in [-0.15, -0.1) is 0 Å². The van der Waals surface area contributed by atoms with Crippen molar-refractivity contribution in [3.63, 3.8) is 0 Å². The Morgan fingerprint density at radius 3 is 2.78 bits per heavy atom. The molecule has 8 heteroatoms. The van der Waals surface area contributed by atoms with Gasteiger partial charge in [-0.05, 0) is 37.3 Å². The number of nitriles is 1. The summed E-state index contributed by atoms with van der Waals surface area (Å²) in [5.74, 6) is 1.05. The Hall–Kier alpha value is -2.89. The predicted octanol–water partition coefficient (Wildman–Crippen LogP) is 2.79. The third kappa shape index (κ3) is 4.84. The van der Waals surface area contributed by atoms with Gasteiger partial charge in [0.25, 0.3) is 0 Å². The maximum atomic E-state index is 13.2. The lowest BCUT2D eigenvalue weighted by atomic mass is 10.1. The zero-order valence-electron chi connectivity index (χ0n) is 15.0. The van der Waals surface area contributed by atoms with Gasteiger partial charge in [0.1, 0.15) is 23.4 Å². The highest BCUT2D eigenvalue weighted by Crippen LogP contribution is 2.23. The number of rotatable bonds is 5. The minimum Gasteiger partial charge on any atom is -0.465 e. The number of nitrogens with one attached hydrogen (secondary N) is 2. The van der Waals surface area contributed by atoms with E-state index in [1.165, 1.54) is 12.1 Å². The van der Waals surface area contributed by atoms with Gasteiger partial charge in [-0.2, -0.15) is 5.26 Å². The van der Waals surface area contributed by atoms with E-state index in [-0.39, 0.29) is 17.3 Å². The molecular weight excluding hydrogens is 351 g/mol. The van der Waals surface area contributed by atoms with Crippen molar-refractivity contribution >= 4 is 11.7 Å². The number of nitrogens with zero attached hydrogens (tertiary/aromatic N) is 2. The van der Waals surface area contributed by atoms with Gasteiger partial charge in [-0.25, -0.2) is 9.18 Å². The minimum atomic E-state index is -0.530. The van der Waals surface area contributed by atoms with Gasteiger partial charge in [0.2, 0.25) is 0 Å². The van der Waals surface area contributed by atoms with E-state index in [0.29, 0.717) is 19.8 Å². The molecule has 3 rings (SSSR count). The second-order valence-corrected chi connectivity index (χ2v) is 6.25. The number of halogens is 1. The van der Waals surface area contributed by atoms with E-state index in [4.69, 9.17) is 14.4 Å². The Kier molecular flexibility index (Phi) is 6.06. The maximum Gasteiger partial charge on any atom is 0.319 e. The van der Waals surface area contributed by atoms with E-state index in [0.717, 1.165) is 30.7 Å². The van der Waals surface area contributed by atoms with Crippen LogP contribution in [0.4, 0.5) is 14.9 Å². The summed E-state index contributed by atoms with van der Waals surface area (Å²) in [5, 5.41) is 14.5. The fourth-order valence-corrected chi connectivity index (χ4v) is 3.01. The average molecular weight is 372 g/mol. The maximum absolute atomic E-state index is 13.2. The van der Waals surface area contributed by atoms with Crippen molar-refractivity contribution in [2.75, 3.05) is 38.2 Å². The summed E-state index contributed by atoms with van der Waals surface area (Å²) in [6.07, 6.45) is 0. The van der Waals surface area contributed by atoms with Crippen LogP contribution in [0.3, 0.4) is 0 Å². The first-order chi connectivity index (χ1) is 13.1. The molecule has 0 bridgehead atoms. The molecule has 2 N–H and O–H groups in total. The van der Waals surface area contributed by atoms with Crippen molar-refractivity contribution in [3.8, 4) is 6.07 Å². The molecule has 0 saturated carbocycles. The lowest BCUT2D eigenvalue weighted by Crippen LogP contribution is -2.44. The Balaban J connectivity index is 1.66. The molecule has 1 aliphatic heterocycles. The van der Waals surface area contributed by atoms with Gasteiger partial charge in [-0.1, -0.05) is 0 Å². The van der Waals surface area contributed by atoms with Crippen LogP contribution in [-0.2, 0) is 4.74 Å². The van der Waals surface area contributed by atoms with Crippen LogP contribution in [0.25, 0.3) is 0 Å². The average Bonchev–Trinajstić information content (AvgIpc) is 3.10. The number of carbonyl (C=O) groups is 1. The molecule has 1 unspecified atom stereocenters. The minimum absolute atomic E-state index is 0.0662. The number of urea groups is 1. The number of anilines is 1. The van der Waals surface area contributed by atoms with Crippen LogP contribution in [-0.4, -0.2) is 43.8 Å². The van der Waals surface area contributed by atoms with Crippen molar-refractivity contribution in [1.29, 1.82) is 5.26 Å². The number of hydrogen-bond donors (Lipinski definition) is 2. The summed E-state index contributed by atoms with van der Waals surface area (Å²) in [6.45, 7) is 4.93. The molecule has 7 nitrogen and oxygen atoms in total. The van der Waals surface area contributed by atoms with Gasteiger partial charge < -0.3 is 19.8 Å². The number of benzene rings is 1. The molecule has 142 valence electrons. The number of amides is 2. The van der Waals surface area contributed by atoms with Crippen molar-refractivity contribution < 1.29 is 18.3 Å². The topological polar surface area (TPSA) is 90.5 Å². The summed E-state index contributed by atoms with van der Waals surface area (Å²) < 4.78 is 24.4. The molecule has 1 aliphatic rings. The highest BCUT2D eigenvalue weighted by molar-refractivity contribution is 5.90. The Labute approximate surface area is 156 Å². The quantitative estimate of drug-likeness (QED) is 0.842. The highest BCUT2D eigenvalue weighted by atomic mass is 19.1. The molecule has 1 aromatic heterocycles. The lowest BCUT2D eigenvalue weighted by molar-refractivity contribution is 0.0122. The summed E-state index contributed by atoms with van der Waals surface area (Å²) in [6, 6.07) is 8.70. The van der Waals surface area contributed by atoms with Gasteiger partial charge in [-0.3, -0.25) is 4.90 Å². The van der Waals surface area contributed by atoms with Crippen molar-refractivity contribution in [1.82, 2.24) is 10.2 Å². The van der Waals surface area contributed by atoms with Crippen LogP contribution in [0, 0.1) is 24.1 Å². The monoisotopic (exact) mass is 372 g/mol. The van der Waals surface area contributed by atoms with Crippen LogP contribution in [0.15, 0.2) is 34.7 Å². The van der Waals surface area contributed by atoms with E-state index in [9.17, 15) is 9.18 Å². The summed E-state index contributed by atoms with van der Waals surface area (Å²) in [7, 11) is 0. The summed E-state index contributed by atoms with van der Waals surface area (Å²) >= 11 is 0. The Bertz CT molecular complexity index is 840. The molecule has 0 aliphatic carbocycles. The predicted molar refractivity (Wildman–Crippen MR) is 96.7 cm³/mol. The first kappa shape index (κ1) is 18.9. The third-order valence-corrected chi connectivity index (χ3v) is 4.38. The Morgan fingerprint density at radius 1 is 1.33 bits per heavy atom. The van der Waals surface area contributed by atoms with Crippen molar-refractivity contribution in [2.45, 2.75) is 13.0 Å². The number of aryl methyl sites for hydroxylation is 1. The number of furan rings is 1. The van der Waals surface area contributed by atoms with Crippen molar-refractivity contribution in [3.05, 3.63) is 53.2 Å². The fourth-order valence-electron chi connectivity index (χ4n) is 3.01. The van der Waals surface area contributed by atoms with E-state index < -0.39 is 11.8 Å². The molecule has 27 heavy (non-hydrogen) atoms. The first-order valence-electron chi connectivity index (χ1n) is 8.69. The normalized spacial score (nSPS) is 15.7. The number of carbonyl (C=O) groups excluding carboxylic acids is 1. The van der Waals surface area contributed by atoms with E-state index in [1.807, 2.05) is 25.1 Å². The molecule has 0 radical (unpaired) electrons. The Morgan fingerprint density at radius 2 is 2.11 bits per heavy atom. The van der Waals surface area contributed by atoms with Crippen LogP contribution < -0.4 is 10.6 Å². The largest absolute Gasteiger partial charge is 0.465 e. The van der Waals surface area contributed by atoms with Crippen LogP contribution >= 0.6 is 0 Å². The van der Waals surface area contributed by atoms with Crippen LogP contribution in [0.5, 0.6) is 0 Å². The summed E-state index contributed by atoms with van der Waals surface area (Å²) in [5.41, 5.74) is 0.324. The van der Waals surface area contributed by atoms with E-state index in [2.05, 4.69) is 15.5 Å². The van der Waals surface area contributed by atoms with Crippen LogP contribution in [0.1, 0.15) is 23.1 Å². The van der Waals surface area contributed by atoms with Gasteiger partial charge in [0, 0.05) is 19.6 Å². The third-order valence-electron chi connectivity index (χ3n) is 4.38. The lowest BCUT2D eigenvalue weighted by Gasteiger charge is -2.33. The van der Waals surface area contributed by atoms with E-state index >= 15 is 0 Å². The van der Waals surface area contributed by atoms with Crippen molar-refractivity contribution in [2.24, 2.45) is 0 Å². The number of morpholine rings is 1. The number of hydrogen-bond acceptors (Lipinski definition) is 5. The molecule has 1 saturated heterocycles. The molecule has 2 aromatic rings. The second-order valence-electron chi connectivity index (χ2n) is 6.25. The smallest absolute Gasteiger partial charge is 0.319 e. The molecule has 1 aromatic carbocycles. The highest BCUT2D eigenvalue weighted by Gasteiger charge is 2.25. The first-order valence-corrected chi connectivity index (χ1v) is 8.69. The van der Waals surface area contributed by atoms with Gasteiger partial charge in [0.05, 0.1) is 30.5 Å². The summed E-state index contributed by atoms with van der Waals surface area (Å²) in [4.78, 5) is 14.5. The van der Waals surface area contributed by atoms with E-state index in [1.54, 1.807) is 0 Å². The molecule has 1 fully saturated rings. The SMILES string of the molecule is Cc1ccc(C(CNC(=O)Nc2ccc(F)cc2C#N)N2CCOCC2)o1. The number of ether oxygens (including phenoxy) is 1. The second kappa shape index (κ2) is 8.66. The van der Waals surface area contributed by atoms with Gasteiger partial charge >= 0.3 is 6.03 Å².